The maximum absolute atomic E-state index is 12.3. The number of benzene rings is 2. The Morgan fingerprint density at radius 2 is 1.92 bits per heavy atom. The van der Waals surface area contributed by atoms with Crippen molar-refractivity contribution in [1.29, 1.82) is 0 Å². The number of urea groups is 1. The molecule has 0 aliphatic heterocycles. The summed E-state index contributed by atoms with van der Waals surface area (Å²) < 4.78 is 0.946. The van der Waals surface area contributed by atoms with E-state index in [1.54, 1.807) is 0 Å². The molecule has 24 heavy (non-hydrogen) atoms. The Balaban J connectivity index is 1.69. The van der Waals surface area contributed by atoms with Gasteiger partial charge >= 0.3 is 6.03 Å². The van der Waals surface area contributed by atoms with E-state index in [0.29, 0.717) is 0 Å². The van der Waals surface area contributed by atoms with Gasteiger partial charge in [0.05, 0.1) is 6.04 Å². The van der Waals surface area contributed by atoms with Crippen molar-refractivity contribution in [3.63, 3.8) is 0 Å². The summed E-state index contributed by atoms with van der Waals surface area (Å²) in [5, 5.41) is 5.99. The molecule has 3 rings (SSSR count). The quantitative estimate of drug-likeness (QED) is 0.704. The summed E-state index contributed by atoms with van der Waals surface area (Å²) in [6.45, 7) is 2.10. The number of nitrogens with one attached hydrogen (secondary N) is 2. The van der Waals surface area contributed by atoms with Crippen LogP contribution in [0.1, 0.15) is 48.9 Å². The second kappa shape index (κ2) is 7.84. The molecule has 3 nitrogen and oxygen atoms in total. The van der Waals surface area contributed by atoms with Crippen LogP contribution in [0.3, 0.4) is 0 Å². The zero-order valence-corrected chi connectivity index (χ0v) is 15.5. The molecule has 0 heterocycles. The van der Waals surface area contributed by atoms with E-state index in [1.165, 1.54) is 36.0 Å². The van der Waals surface area contributed by atoms with Crippen molar-refractivity contribution in [1.82, 2.24) is 5.32 Å². The van der Waals surface area contributed by atoms with E-state index in [4.69, 9.17) is 0 Å². The number of halogens is 1. The number of hydrogen-bond donors (Lipinski definition) is 2. The maximum Gasteiger partial charge on any atom is 0.319 e. The Morgan fingerprint density at radius 3 is 2.67 bits per heavy atom. The number of rotatable bonds is 4. The van der Waals surface area contributed by atoms with Crippen molar-refractivity contribution >= 4 is 27.6 Å². The molecule has 1 aliphatic carbocycles. The molecular weight excluding hydrogens is 364 g/mol. The fraction of sp³-hybridized carbons (Fsp3) is 0.350. The van der Waals surface area contributed by atoms with Crippen LogP contribution in [0, 0.1) is 0 Å². The van der Waals surface area contributed by atoms with Gasteiger partial charge in [0.15, 0.2) is 0 Å². The highest BCUT2D eigenvalue weighted by Crippen LogP contribution is 2.26. The second-order valence-electron chi connectivity index (χ2n) is 6.30. The summed E-state index contributed by atoms with van der Waals surface area (Å²) in [5.74, 6) is 0. The van der Waals surface area contributed by atoms with E-state index in [9.17, 15) is 4.79 Å². The Bertz CT molecular complexity index is 729. The highest BCUT2D eigenvalue weighted by molar-refractivity contribution is 9.10. The maximum atomic E-state index is 12.3. The zero-order valence-electron chi connectivity index (χ0n) is 13.9. The van der Waals surface area contributed by atoms with E-state index < -0.39 is 0 Å². The Hall–Kier alpha value is -1.81. The molecule has 1 aliphatic rings. The van der Waals surface area contributed by atoms with Crippen molar-refractivity contribution < 1.29 is 4.79 Å². The minimum atomic E-state index is -0.169. The van der Waals surface area contributed by atoms with Crippen molar-refractivity contribution in [2.45, 2.75) is 45.1 Å². The molecule has 0 spiro atoms. The van der Waals surface area contributed by atoms with Crippen molar-refractivity contribution in [3.8, 4) is 0 Å². The predicted octanol–water partition coefficient (Wildman–Crippen LogP) is 5.60. The van der Waals surface area contributed by atoms with Crippen LogP contribution in [0.15, 0.2) is 46.9 Å². The fourth-order valence-corrected chi connectivity index (χ4v) is 3.68. The van der Waals surface area contributed by atoms with Gasteiger partial charge in [0.25, 0.3) is 0 Å². The molecule has 0 radical (unpaired) electrons. The van der Waals surface area contributed by atoms with Crippen LogP contribution >= 0.6 is 15.9 Å². The summed E-state index contributed by atoms with van der Waals surface area (Å²) >= 11 is 3.42. The van der Waals surface area contributed by atoms with Gasteiger partial charge in [0.2, 0.25) is 0 Å². The summed E-state index contributed by atoms with van der Waals surface area (Å²) in [6, 6.07) is 14.1. The normalized spacial score (nSPS) is 14.6. The lowest BCUT2D eigenvalue weighted by Gasteiger charge is -2.22. The van der Waals surface area contributed by atoms with E-state index >= 15 is 0 Å². The third-order valence-corrected chi connectivity index (χ3v) is 5.06. The SMILES string of the molecule is CCC(NC(=O)Nc1cccc(Br)c1)c1ccc2c(c1)CCCC2. The monoisotopic (exact) mass is 386 g/mol. The molecule has 126 valence electrons. The lowest BCUT2D eigenvalue weighted by atomic mass is 9.89. The van der Waals surface area contributed by atoms with Gasteiger partial charge in [-0.1, -0.05) is 47.1 Å². The van der Waals surface area contributed by atoms with Gasteiger partial charge in [-0.15, -0.1) is 0 Å². The standard InChI is InChI=1S/C20H23BrN2O/c1-2-19(16-11-10-14-6-3-4-7-15(14)12-16)23-20(24)22-18-9-5-8-17(21)13-18/h5,8-13,19H,2-4,6-7H2,1H3,(H2,22,23,24). The smallest absolute Gasteiger partial charge is 0.319 e. The molecule has 0 saturated carbocycles. The number of fused-ring (bicyclic) bond motifs is 1. The lowest BCUT2D eigenvalue weighted by Crippen LogP contribution is -2.32. The molecule has 2 aromatic carbocycles. The van der Waals surface area contributed by atoms with E-state index in [2.05, 4.69) is 51.7 Å². The first-order chi connectivity index (χ1) is 11.7. The van der Waals surface area contributed by atoms with Gasteiger partial charge in [0.1, 0.15) is 0 Å². The first kappa shape index (κ1) is 17.0. The van der Waals surface area contributed by atoms with E-state index in [0.717, 1.165) is 23.0 Å². The molecule has 2 N–H and O–H groups in total. The number of carbonyl (C=O) groups excluding carboxylic acids is 1. The van der Waals surface area contributed by atoms with E-state index in [1.807, 2.05) is 24.3 Å². The Morgan fingerprint density at radius 1 is 1.12 bits per heavy atom. The summed E-state index contributed by atoms with van der Waals surface area (Å²) in [5.41, 5.74) is 4.90. The Kier molecular flexibility index (Phi) is 5.56. The largest absolute Gasteiger partial charge is 0.331 e. The molecule has 0 saturated heterocycles. The Labute approximate surface area is 152 Å². The first-order valence-corrected chi connectivity index (χ1v) is 9.40. The fourth-order valence-electron chi connectivity index (χ4n) is 3.28. The van der Waals surface area contributed by atoms with Crippen LogP contribution in [0.5, 0.6) is 0 Å². The third kappa shape index (κ3) is 4.18. The molecule has 2 amide bonds. The minimum absolute atomic E-state index is 0.0318. The average Bonchev–Trinajstić information content (AvgIpc) is 2.59. The number of hydrogen-bond acceptors (Lipinski definition) is 1. The van der Waals surface area contributed by atoms with Gasteiger partial charge in [-0.25, -0.2) is 4.79 Å². The molecule has 2 aromatic rings. The molecule has 0 bridgehead atoms. The molecule has 0 aromatic heterocycles. The van der Waals surface area contributed by atoms with Crippen LogP contribution in [0.4, 0.5) is 10.5 Å². The number of carbonyl (C=O) groups is 1. The molecule has 0 fully saturated rings. The van der Waals surface area contributed by atoms with Gasteiger partial charge in [0, 0.05) is 10.2 Å². The van der Waals surface area contributed by atoms with Gasteiger partial charge in [-0.3, -0.25) is 0 Å². The van der Waals surface area contributed by atoms with Crippen LogP contribution in [0.2, 0.25) is 0 Å². The minimum Gasteiger partial charge on any atom is -0.331 e. The number of amides is 2. The van der Waals surface area contributed by atoms with Crippen LogP contribution in [-0.2, 0) is 12.8 Å². The highest BCUT2D eigenvalue weighted by atomic mass is 79.9. The highest BCUT2D eigenvalue weighted by Gasteiger charge is 2.16. The van der Waals surface area contributed by atoms with Crippen molar-refractivity contribution in [2.75, 3.05) is 5.32 Å². The second-order valence-corrected chi connectivity index (χ2v) is 7.22. The van der Waals surface area contributed by atoms with Crippen molar-refractivity contribution in [2.24, 2.45) is 0 Å². The van der Waals surface area contributed by atoms with Crippen LogP contribution < -0.4 is 10.6 Å². The first-order valence-electron chi connectivity index (χ1n) is 8.60. The summed E-state index contributed by atoms with van der Waals surface area (Å²) in [4.78, 5) is 12.3. The number of aryl methyl sites for hydroxylation is 2. The molecule has 1 atom stereocenters. The zero-order chi connectivity index (χ0) is 16.9. The van der Waals surface area contributed by atoms with E-state index in [-0.39, 0.29) is 12.1 Å². The molecule has 1 unspecified atom stereocenters. The van der Waals surface area contributed by atoms with Gasteiger partial charge in [-0.2, -0.15) is 0 Å². The summed E-state index contributed by atoms with van der Waals surface area (Å²) in [7, 11) is 0. The third-order valence-electron chi connectivity index (χ3n) is 4.57. The average molecular weight is 387 g/mol. The molecule has 4 heteroatoms. The predicted molar refractivity (Wildman–Crippen MR) is 102 cm³/mol. The topological polar surface area (TPSA) is 41.1 Å². The van der Waals surface area contributed by atoms with Crippen LogP contribution in [-0.4, -0.2) is 6.03 Å². The van der Waals surface area contributed by atoms with Gasteiger partial charge in [-0.05, 0) is 67.0 Å². The van der Waals surface area contributed by atoms with Crippen molar-refractivity contribution in [3.05, 3.63) is 63.6 Å². The molecular formula is C20H23BrN2O. The van der Waals surface area contributed by atoms with Crippen LogP contribution in [0.25, 0.3) is 0 Å². The summed E-state index contributed by atoms with van der Waals surface area (Å²) in [6.07, 6.45) is 5.76. The number of anilines is 1. The lowest BCUT2D eigenvalue weighted by molar-refractivity contribution is 0.248. The van der Waals surface area contributed by atoms with Gasteiger partial charge < -0.3 is 10.6 Å².